The normalized spacial score (nSPS) is 11.6. The van der Waals surface area contributed by atoms with E-state index in [1.165, 1.54) is 31.6 Å². The molecule has 0 saturated heterocycles. The van der Waals surface area contributed by atoms with E-state index in [9.17, 15) is 12.8 Å². The molecule has 0 bridgehead atoms. The molecule has 0 aliphatic carbocycles. The molecule has 2 N–H and O–H groups in total. The Morgan fingerprint density at radius 1 is 0.950 bits per heavy atom. The van der Waals surface area contributed by atoms with Crippen LogP contribution in [0.25, 0.3) is 39.1 Å². The molecule has 0 amide bonds. The van der Waals surface area contributed by atoms with E-state index >= 15 is 4.39 Å². The summed E-state index contributed by atoms with van der Waals surface area (Å²) < 4.78 is 65.1. The number of benzene rings is 3. The third-order valence-electron chi connectivity index (χ3n) is 6.16. The Balaban J connectivity index is 1.33. The van der Waals surface area contributed by atoms with E-state index in [2.05, 4.69) is 30.2 Å². The van der Waals surface area contributed by atoms with Gasteiger partial charge >= 0.3 is 0 Å². The number of ether oxygens (including phenoxy) is 1. The predicted molar refractivity (Wildman–Crippen MR) is 143 cm³/mol. The average molecular weight is 560 g/mol. The Kier molecular flexibility index (Phi) is 6.19. The lowest BCUT2D eigenvalue weighted by molar-refractivity contribution is 0.401. The van der Waals surface area contributed by atoms with Crippen LogP contribution in [-0.4, -0.2) is 45.7 Å². The van der Waals surface area contributed by atoms with Gasteiger partial charge in [0.05, 0.1) is 29.3 Å². The zero-order valence-electron chi connectivity index (χ0n) is 20.7. The highest BCUT2D eigenvalue weighted by Gasteiger charge is 2.23. The number of anilines is 1. The predicted octanol–water partition coefficient (Wildman–Crippen LogP) is 4.96. The van der Waals surface area contributed by atoms with Gasteiger partial charge in [-0.15, -0.1) is 10.2 Å². The standard InChI is InChI=1S/C27H19F2N7O3S/c1-39-27-20-13-18(14-30-26(20)32-33-27)23-15-36(35-31-23)25-21(28)10-11-22(24(25)29)34-40(37,38)19-9-5-8-17(12-19)16-6-3-2-4-7-16/h2-15,34H,1H3,(H,30,32,33). The molecule has 0 radical (unpaired) electrons. The lowest BCUT2D eigenvalue weighted by atomic mass is 10.1. The summed E-state index contributed by atoms with van der Waals surface area (Å²) in [6.45, 7) is 0. The molecule has 0 atom stereocenters. The smallest absolute Gasteiger partial charge is 0.262 e. The monoisotopic (exact) mass is 559 g/mol. The maximum Gasteiger partial charge on any atom is 0.262 e. The summed E-state index contributed by atoms with van der Waals surface area (Å²) in [6.07, 6.45) is 2.80. The Morgan fingerprint density at radius 2 is 1.75 bits per heavy atom. The second-order valence-electron chi connectivity index (χ2n) is 8.66. The topological polar surface area (TPSA) is 128 Å². The van der Waals surface area contributed by atoms with Crippen LogP contribution in [0.5, 0.6) is 5.88 Å². The Hall–Kier alpha value is -5.17. The van der Waals surface area contributed by atoms with Crippen LogP contribution in [0.2, 0.25) is 0 Å². The van der Waals surface area contributed by atoms with E-state index in [0.717, 1.165) is 22.4 Å². The Bertz CT molecular complexity index is 1980. The third kappa shape index (κ3) is 4.52. The highest BCUT2D eigenvalue weighted by Crippen LogP contribution is 2.30. The molecule has 200 valence electrons. The SMILES string of the molecule is COc1n[nH]c2ncc(-c3cn(-c4c(F)ccc(NS(=O)(=O)c5cccc(-c6ccccc6)c5)c4F)nn3)cc12. The average Bonchev–Trinajstić information content (AvgIpc) is 3.62. The number of aromatic amines is 1. The molecule has 40 heavy (non-hydrogen) atoms. The summed E-state index contributed by atoms with van der Waals surface area (Å²) in [4.78, 5) is 4.17. The van der Waals surface area contributed by atoms with E-state index in [0.29, 0.717) is 28.0 Å². The van der Waals surface area contributed by atoms with Gasteiger partial charge in [-0.05, 0) is 41.5 Å². The molecule has 13 heteroatoms. The molecular weight excluding hydrogens is 540 g/mol. The highest BCUT2D eigenvalue weighted by molar-refractivity contribution is 7.92. The number of methoxy groups -OCH3 is 1. The number of pyridine rings is 1. The van der Waals surface area contributed by atoms with Crippen LogP contribution in [0.4, 0.5) is 14.5 Å². The first-order valence-electron chi connectivity index (χ1n) is 11.8. The Labute approximate surface area is 226 Å². The minimum absolute atomic E-state index is 0.0836. The van der Waals surface area contributed by atoms with Crippen LogP contribution < -0.4 is 9.46 Å². The number of rotatable bonds is 7. The fourth-order valence-corrected chi connectivity index (χ4v) is 5.29. The van der Waals surface area contributed by atoms with Crippen LogP contribution in [0.3, 0.4) is 0 Å². The lowest BCUT2D eigenvalue weighted by Gasteiger charge is -2.13. The quantitative estimate of drug-likeness (QED) is 0.283. The summed E-state index contributed by atoms with van der Waals surface area (Å²) in [6, 6.07) is 19.1. The van der Waals surface area contributed by atoms with Crippen LogP contribution in [0, 0.1) is 11.6 Å². The van der Waals surface area contributed by atoms with Gasteiger partial charge in [0.2, 0.25) is 5.88 Å². The van der Waals surface area contributed by atoms with Gasteiger partial charge in [0.25, 0.3) is 10.0 Å². The lowest BCUT2D eigenvalue weighted by Crippen LogP contribution is -2.15. The van der Waals surface area contributed by atoms with Crippen molar-refractivity contribution in [3.63, 3.8) is 0 Å². The summed E-state index contributed by atoms with van der Waals surface area (Å²) in [7, 11) is -2.76. The van der Waals surface area contributed by atoms with Crippen molar-refractivity contribution in [1.29, 1.82) is 0 Å². The van der Waals surface area contributed by atoms with Gasteiger partial charge in [-0.1, -0.05) is 47.7 Å². The molecule has 6 aromatic rings. The highest BCUT2D eigenvalue weighted by atomic mass is 32.2. The van der Waals surface area contributed by atoms with E-state index in [4.69, 9.17) is 4.74 Å². The van der Waals surface area contributed by atoms with E-state index in [1.807, 2.05) is 30.3 Å². The molecule has 0 aliphatic rings. The van der Waals surface area contributed by atoms with Gasteiger partial charge in [0.1, 0.15) is 11.4 Å². The van der Waals surface area contributed by atoms with Crippen molar-refractivity contribution in [2.75, 3.05) is 11.8 Å². The second-order valence-corrected chi connectivity index (χ2v) is 10.3. The summed E-state index contributed by atoms with van der Waals surface area (Å²) in [5, 5.41) is 15.2. The van der Waals surface area contributed by atoms with Gasteiger partial charge in [0, 0.05) is 11.8 Å². The van der Waals surface area contributed by atoms with Crippen molar-refractivity contribution in [2.45, 2.75) is 4.90 Å². The summed E-state index contributed by atoms with van der Waals surface area (Å²) >= 11 is 0. The zero-order valence-corrected chi connectivity index (χ0v) is 21.5. The van der Waals surface area contributed by atoms with E-state index < -0.39 is 33.0 Å². The van der Waals surface area contributed by atoms with Gasteiger partial charge in [-0.2, -0.15) is 0 Å². The second kappa shape index (κ2) is 9.85. The molecular formula is C27H19F2N7O3S. The van der Waals surface area contributed by atoms with E-state index in [1.54, 1.807) is 18.2 Å². The Morgan fingerprint density at radius 3 is 2.55 bits per heavy atom. The van der Waals surface area contributed by atoms with Crippen molar-refractivity contribution in [3.8, 4) is 34.0 Å². The third-order valence-corrected chi connectivity index (χ3v) is 7.52. The van der Waals surface area contributed by atoms with Gasteiger partial charge in [-0.3, -0.25) is 9.82 Å². The van der Waals surface area contributed by atoms with Crippen molar-refractivity contribution in [3.05, 3.63) is 96.8 Å². The molecule has 0 unspecified atom stereocenters. The minimum atomic E-state index is -4.22. The van der Waals surface area contributed by atoms with Crippen LogP contribution in [0.1, 0.15) is 0 Å². The number of hydrogen-bond donors (Lipinski definition) is 2. The van der Waals surface area contributed by atoms with Gasteiger partial charge < -0.3 is 4.74 Å². The molecule has 0 saturated carbocycles. The number of nitrogens with one attached hydrogen (secondary N) is 2. The first-order chi connectivity index (χ1) is 19.3. The van der Waals surface area contributed by atoms with Gasteiger partial charge in [-0.25, -0.2) is 26.9 Å². The number of H-pyrrole nitrogens is 1. The number of halogens is 2. The largest absolute Gasteiger partial charge is 0.479 e. The minimum Gasteiger partial charge on any atom is -0.479 e. The molecule has 3 aromatic carbocycles. The van der Waals surface area contributed by atoms with Crippen LogP contribution in [-0.2, 0) is 10.0 Å². The van der Waals surface area contributed by atoms with Crippen LogP contribution in [0.15, 0.2) is 90.1 Å². The van der Waals surface area contributed by atoms with Crippen molar-refractivity contribution in [2.24, 2.45) is 0 Å². The first kappa shape index (κ1) is 25.1. The number of nitrogens with zero attached hydrogens (tertiary/aromatic N) is 5. The molecule has 6 rings (SSSR count). The summed E-state index contributed by atoms with van der Waals surface area (Å²) in [5.41, 5.74) is 1.67. The molecule has 3 aromatic heterocycles. The number of aromatic nitrogens is 6. The molecule has 0 fully saturated rings. The summed E-state index contributed by atoms with van der Waals surface area (Å²) in [5.74, 6) is -1.81. The molecule has 0 aliphatic heterocycles. The van der Waals surface area contributed by atoms with Crippen molar-refractivity contribution >= 4 is 26.7 Å². The molecule has 10 nitrogen and oxygen atoms in total. The molecule has 0 spiro atoms. The van der Waals surface area contributed by atoms with E-state index in [-0.39, 0.29) is 10.6 Å². The number of sulfonamides is 1. The number of fused-ring (bicyclic) bond motifs is 1. The molecule has 3 heterocycles. The van der Waals surface area contributed by atoms with Gasteiger partial charge in [0.15, 0.2) is 17.3 Å². The maximum absolute atomic E-state index is 15.6. The van der Waals surface area contributed by atoms with Crippen LogP contribution >= 0.6 is 0 Å². The fourth-order valence-electron chi connectivity index (χ4n) is 4.19. The number of hydrogen-bond acceptors (Lipinski definition) is 7. The maximum atomic E-state index is 15.6. The zero-order chi connectivity index (χ0) is 27.9. The van der Waals surface area contributed by atoms with Crippen molar-refractivity contribution < 1.29 is 21.9 Å². The first-order valence-corrected chi connectivity index (χ1v) is 13.3. The van der Waals surface area contributed by atoms with Crippen molar-refractivity contribution in [1.82, 2.24) is 30.2 Å². The fraction of sp³-hybridized carbons (Fsp3) is 0.0370.